The van der Waals surface area contributed by atoms with E-state index in [0.29, 0.717) is 4.47 Å². The molecule has 0 heterocycles. The topological polar surface area (TPSA) is 34.1 Å². The van der Waals surface area contributed by atoms with Crippen molar-refractivity contribution in [1.29, 1.82) is 0 Å². The van der Waals surface area contributed by atoms with E-state index in [-0.39, 0.29) is 10.0 Å². The molecule has 2 nitrogen and oxygen atoms in total. The molecule has 0 aliphatic heterocycles. The molecule has 0 N–H and O–H groups in total. The number of benzene rings is 1. The van der Waals surface area contributed by atoms with Crippen molar-refractivity contribution in [1.82, 2.24) is 0 Å². The van der Waals surface area contributed by atoms with E-state index in [1.54, 1.807) is 0 Å². The summed E-state index contributed by atoms with van der Waals surface area (Å²) in [7, 11) is -4.81. The summed E-state index contributed by atoms with van der Waals surface area (Å²) in [6.45, 7) is 0. The van der Waals surface area contributed by atoms with Crippen LogP contribution in [0.1, 0.15) is 0 Å². The molecule has 13 heavy (non-hydrogen) atoms. The van der Waals surface area contributed by atoms with Gasteiger partial charge in [-0.3, -0.25) is 0 Å². The van der Waals surface area contributed by atoms with E-state index in [0.717, 1.165) is 6.07 Å². The third kappa shape index (κ3) is 2.34. The second-order valence-corrected chi connectivity index (χ2v) is 5.04. The van der Waals surface area contributed by atoms with Gasteiger partial charge in [-0.05, 0) is 28.1 Å². The van der Waals surface area contributed by atoms with Gasteiger partial charge < -0.3 is 0 Å². The van der Waals surface area contributed by atoms with Crippen molar-refractivity contribution in [3.63, 3.8) is 0 Å². The first-order valence-corrected chi connectivity index (χ1v) is 5.85. The molecular formula is C6H2BrCl2FO2S. The quantitative estimate of drug-likeness (QED) is 0.588. The summed E-state index contributed by atoms with van der Waals surface area (Å²) in [6.07, 6.45) is 0. The van der Waals surface area contributed by atoms with Crippen LogP contribution in [-0.2, 0) is 10.2 Å². The molecule has 1 aromatic carbocycles. The summed E-state index contributed by atoms with van der Waals surface area (Å²) < 4.78 is 33.9. The molecule has 0 spiro atoms. The van der Waals surface area contributed by atoms with Crippen LogP contribution in [0.5, 0.6) is 0 Å². The first kappa shape index (κ1) is 11.2. The van der Waals surface area contributed by atoms with Crippen molar-refractivity contribution in [3.05, 3.63) is 26.7 Å². The molecule has 0 aliphatic rings. The molecule has 72 valence electrons. The van der Waals surface area contributed by atoms with Gasteiger partial charge in [0.15, 0.2) is 0 Å². The largest absolute Gasteiger partial charge is 0.333 e. The SMILES string of the molecule is O=S(=O)(F)c1ccc(Br)c(Cl)c1Cl. The summed E-state index contributed by atoms with van der Waals surface area (Å²) in [5, 5.41) is -0.348. The minimum absolute atomic E-state index is 0.0274. The Morgan fingerprint density at radius 1 is 1.23 bits per heavy atom. The molecule has 0 aliphatic carbocycles. The zero-order valence-electron chi connectivity index (χ0n) is 5.89. The second-order valence-electron chi connectivity index (χ2n) is 2.11. The minimum Gasteiger partial charge on any atom is -0.189 e. The molecule has 0 atom stereocenters. The smallest absolute Gasteiger partial charge is 0.189 e. The van der Waals surface area contributed by atoms with Crippen LogP contribution >= 0.6 is 39.1 Å². The summed E-state index contributed by atoms with van der Waals surface area (Å²) in [4.78, 5) is -0.623. The standard InChI is InChI=1S/C6H2BrCl2FO2S/c7-3-1-2-4(13(10,11)12)6(9)5(3)8/h1-2H. The highest BCUT2D eigenvalue weighted by molar-refractivity contribution is 9.10. The lowest BCUT2D eigenvalue weighted by Gasteiger charge is -2.02. The molecule has 0 radical (unpaired) electrons. The monoisotopic (exact) mass is 306 g/mol. The summed E-state index contributed by atoms with van der Waals surface area (Å²) >= 11 is 14.1. The van der Waals surface area contributed by atoms with Crippen LogP contribution in [0.25, 0.3) is 0 Å². The Morgan fingerprint density at radius 3 is 2.23 bits per heavy atom. The maximum Gasteiger partial charge on any atom is 0.333 e. The Kier molecular flexibility index (Phi) is 3.22. The fraction of sp³-hybridized carbons (Fsp3) is 0. The molecule has 0 amide bonds. The van der Waals surface area contributed by atoms with E-state index in [4.69, 9.17) is 23.2 Å². The van der Waals surface area contributed by atoms with Crippen LogP contribution in [-0.4, -0.2) is 8.42 Å². The molecule has 1 rings (SSSR count). The normalized spacial score (nSPS) is 11.7. The van der Waals surface area contributed by atoms with Gasteiger partial charge in [0.2, 0.25) is 0 Å². The van der Waals surface area contributed by atoms with E-state index >= 15 is 0 Å². The van der Waals surface area contributed by atoms with Crippen LogP contribution in [0.2, 0.25) is 10.0 Å². The Balaban J connectivity index is 3.53. The zero-order chi connectivity index (χ0) is 10.2. The fourth-order valence-corrected chi connectivity index (χ4v) is 2.35. The van der Waals surface area contributed by atoms with E-state index in [2.05, 4.69) is 15.9 Å². The number of halogens is 4. The zero-order valence-corrected chi connectivity index (χ0v) is 9.81. The summed E-state index contributed by atoms with van der Waals surface area (Å²) in [5.41, 5.74) is 0. The van der Waals surface area contributed by atoms with Crippen LogP contribution in [0.15, 0.2) is 21.5 Å². The Labute approximate surface area is 93.0 Å². The average Bonchev–Trinajstić information content (AvgIpc) is 1.98. The van der Waals surface area contributed by atoms with Gasteiger partial charge >= 0.3 is 10.2 Å². The van der Waals surface area contributed by atoms with E-state index in [9.17, 15) is 12.3 Å². The van der Waals surface area contributed by atoms with Crippen molar-refractivity contribution in [3.8, 4) is 0 Å². The van der Waals surface area contributed by atoms with Gasteiger partial charge in [0.1, 0.15) is 4.90 Å². The van der Waals surface area contributed by atoms with Crippen LogP contribution in [0.3, 0.4) is 0 Å². The van der Waals surface area contributed by atoms with E-state index < -0.39 is 15.1 Å². The highest BCUT2D eigenvalue weighted by Gasteiger charge is 2.19. The van der Waals surface area contributed by atoms with Gasteiger partial charge in [0.05, 0.1) is 10.0 Å². The first-order chi connectivity index (χ1) is 5.84. The van der Waals surface area contributed by atoms with Gasteiger partial charge in [-0.1, -0.05) is 23.2 Å². The summed E-state index contributed by atoms with van der Waals surface area (Å²) in [5.74, 6) is 0. The van der Waals surface area contributed by atoms with Gasteiger partial charge in [-0.2, -0.15) is 8.42 Å². The molecule has 0 aromatic heterocycles. The maximum atomic E-state index is 12.5. The van der Waals surface area contributed by atoms with Gasteiger partial charge in [-0.15, -0.1) is 3.89 Å². The number of hydrogen-bond donors (Lipinski definition) is 0. The first-order valence-electron chi connectivity index (χ1n) is 2.92. The van der Waals surface area contributed by atoms with Gasteiger partial charge in [0, 0.05) is 4.47 Å². The lowest BCUT2D eigenvalue weighted by molar-refractivity contribution is 0.552. The molecule has 0 bridgehead atoms. The minimum atomic E-state index is -4.81. The number of hydrogen-bond acceptors (Lipinski definition) is 2. The van der Waals surface area contributed by atoms with Crippen molar-refractivity contribution in [2.75, 3.05) is 0 Å². The molecule has 1 aromatic rings. The third-order valence-electron chi connectivity index (χ3n) is 1.26. The van der Waals surface area contributed by atoms with Crippen molar-refractivity contribution in [2.24, 2.45) is 0 Å². The molecule has 0 saturated heterocycles. The third-order valence-corrected chi connectivity index (χ3v) is 4.01. The van der Waals surface area contributed by atoms with Crippen LogP contribution < -0.4 is 0 Å². The lowest BCUT2D eigenvalue weighted by Crippen LogP contribution is -1.93. The highest BCUT2D eigenvalue weighted by Crippen LogP contribution is 2.35. The van der Waals surface area contributed by atoms with Crippen LogP contribution in [0, 0.1) is 0 Å². The Bertz CT molecular complexity index is 446. The summed E-state index contributed by atoms with van der Waals surface area (Å²) in [6, 6.07) is 2.34. The second kappa shape index (κ2) is 3.73. The fourth-order valence-electron chi connectivity index (χ4n) is 0.696. The van der Waals surface area contributed by atoms with E-state index in [1.165, 1.54) is 6.07 Å². The van der Waals surface area contributed by atoms with Crippen molar-refractivity contribution >= 4 is 49.4 Å². The van der Waals surface area contributed by atoms with Gasteiger partial charge in [0.25, 0.3) is 0 Å². The molecule has 0 fully saturated rings. The predicted octanol–water partition coefficient (Wildman–Crippen LogP) is 3.41. The van der Waals surface area contributed by atoms with Gasteiger partial charge in [-0.25, -0.2) is 0 Å². The molecule has 7 heteroatoms. The van der Waals surface area contributed by atoms with Crippen LogP contribution in [0.4, 0.5) is 3.89 Å². The Morgan fingerprint density at radius 2 is 1.77 bits per heavy atom. The van der Waals surface area contributed by atoms with Crippen molar-refractivity contribution in [2.45, 2.75) is 4.90 Å². The molecule has 0 saturated carbocycles. The number of rotatable bonds is 1. The van der Waals surface area contributed by atoms with E-state index in [1.807, 2.05) is 0 Å². The predicted molar refractivity (Wildman–Crippen MR) is 52.5 cm³/mol. The highest BCUT2D eigenvalue weighted by atomic mass is 79.9. The maximum absolute atomic E-state index is 12.5. The van der Waals surface area contributed by atoms with Crippen molar-refractivity contribution < 1.29 is 12.3 Å². The molecular weight excluding hydrogens is 306 g/mol. The Hall–Kier alpha value is 0.160. The molecule has 0 unspecified atom stereocenters. The average molecular weight is 308 g/mol. The lowest BCUT2D eigenvalue weighted by atomic mass is 10.4.